The molecule has 3 atom stereocenters. The molecule has 7 amide bonds. The fourth-order valence-corrected chi connectivity index (χ4v) is 11.0. The number of rotatable bonds is 41. The van der Waals surface area contributed by atoms with Crippen LogP contribution < -0.4 is 62.3 Å². The van der Waals surface area contributed by atoms with Crippen molar-refractivity contribution in [3.05, 3.63) is 219 Å². The van der Waals surface area contributed by atoms with Crippen molar-refractivity contribution < 1.29 is 81.1 Å². The minimum absolute atomic E-state index is 0.0224. The molecule has 25 heteroatoms. The number of methoxy groups -OCH3 is 4. The molecule has 0 fully saturated rings. The number of nitrogens with two attached hydrogens (primary N) is 2. The zero-order valence-corrected chi connectivity index (χ0v) is 57.6. The van der Waals surface area contributed by atoms with Gasteiger partial charge in [0.05, 0.1) is 68.8 Å². The van der Waals surface area contributed by atoms with Gasteiger partial charge in [0.2, 0.25) is 0 Å². The quantitative estimate of drug-likeness (QED) is 0.0100. The maximum Gasteiger partial charge on any atom is 0.407 e. The first kappa shape index (κ1) is 77.6. The Kier molecular flexibility index (Phi) is 31.2. The molecule has 0 heterocycles. The summed E-state index contributed by atoms with van der Waals surface area (Å²) < 4.78 is 38.1. The summed E-state index contributed by atoms with van der Waals surface area (Å²) in [4.78, 5) is 137. The van der Waals surface area contributed by atoms with Crippen molar-refractivity contribution in [1.29, 1.82) is 0 Å². The second kappa shape index (κ2) is 41.0. The van der Waals surface area contributed by atoms with E-state index in [0.29, 0.717) is 55.2 Å². The molecule has 0 aromatic heterocycles. The molecule has 0 saturated carbocycles. The van der Waals surface area contributed by atoms with Crippen molar-refractivity contribution >= 4 is 64.9 Å². The Morgan fingerprint density at radius 1 is 0.343 bits per heavy atom. The monoisotopic (exact) mass is 1400 g/mol. The van der Waals surface area contributed by atoms with Crippen LogP contribution in [0.15, 0.2) is 164 Å². The van der Waals surface area contributed by atoms with E-state index < -0.39 is 77.4 Å². The van der Waals surface area contributed by atoms with Gasteiger partial charge >= 0.3 is 18.3 Å². The van der Waals surface area contributed by atoms with E-state index in [4.69, 9.17) is 44.6 Å². The van der Waals surface area contributed by atoms with Crippen LogP contribution in [0.3, 0.4) is 0 Å². The van der Waals surface area contributed by atoms with Gasteiger partial charge in [-0.3, -0.25) is 33.6 Å². The average molecular weight is 1400 g/mol. The number of benzene rings is 7. The molecule has 10 N–H and O–H groups in total. The predicted molar refractivity (Wildman–Crippen MR) is 380 cm³/mol. The molecule has 0 saturated heterocycles. The number of hydrogen-bond acceptors (Lipinski definition) is 18. The average Bonchev–Trinajstić information content (AvgIpc) is 0.836. The van der Waals surface area contributed by atoms with Crippen molar-refractivity contribution in [2.24, 2.45) is 5.73 Å². The molecule has 0 aliphatic rings. The molecule has 102 heavy (non-hydrogen) atoms. The van der Waals surface area contributed by atoms with Gasteiger partial charge in [0.25, 0.3) is 23.6 Å². The Balaban J connectivity index is 1.07. The zero-order valence-electron chi connectivity index (χ0n) is 57.6. The van der Waals surface area contributed by atoms with E-state index >= 15 is 0 Å². The lowest BCUT2D eigenvalue weighted by atomic mass is 9.95. The van der Waals surface area contributed by atoms with Gasteiger partial charge in [-0.15, -0.1) is 0 Å². The standard InChI is InChI=1S/C77H88N8O17/c1-96-67-33-29-53(40-57(67)71(79)89)43-64(86)61(26-14-17-37-80-75(93)100-47-50-20-8-5-9-21-50)83-72(90)58-41-54(30-34-68(58)97-2)44-65(87)62(27-15-18-38-81-76(94)101-48-51-22-10-6-11-23-51)84-73(91)59-42-55(31-35-69(59)98-3)45-66(88)63(85-74(92)60-46-56(78)32-36-70(60)99-4)28-16-19-39-82-77(95)102-49-52-24-12-7-13-25-52/h5-13,20-25,29-36,40-42,46,61-63H,14-19,26-28,37-39,43-45,47-49,78H2,1-4H3,(H2,79,89)(H,80,93)(H,81,94)(H,82,95)(H,83,90)(H,84,91)(H,85,92)/t61-,62-,63-/m0/s1. The van der Waals surface area contributed by atoms with Crippen LogP contribution in [0.5, 0.6) is 23.0 Å². The lowest BCUT2D eigenvalue weighted by Crippen LogP contribution is -2.42. The van der Waals surface area contributed by atoms with E-state index in [-0.39, 0.29) is 129 Å². The zero-order chi connectivity index (χ0) is 73.2. The maximum atomic E-state index is 14.8. The number of ether oxygens (including phenoxy) is 7. The van der Waals surface area contributed by atoms with Crippen LogP contribution in [0.1, 0.15) is 133 Å². The Labute approximate surface area is 592 Å². The minimum atomic E-state index is -1.18. The van der Waals surface area contributed by atoms with Crippen LogP contribution >= 0.6 is 0 Å². The number of Topliss-reactive ketones (excluding diaryl/α,β-unsaturated/α-hetero) is 3. The molecule has 538 valence electrons. The number of ketones is 3. The largest absolute Gasteiger partial charge is 0.496 e. The number of carbonyl (C=O) groups is 10. The minimum Gasteiger partial charge on any atom is -0.496 e. The Morgan fingerprint density at radius 3 is 0.931 bits per heavy atom. The fourth-order valence-electron chi connectivity index (χ4n) is 11.0. The van der Waals surface area contributed by atoms with Crippen LogP contribution in [-0.2, 0) is 67.7 Å². The highest BCUT2D eigenvalue weighted by molar-refractivity contribution is 6.04. The van der Waals surface area contributed by atoms with Crippen LogP contribution in [0, 0.1) is 0 Å². The second-order valence-electron chi connectivity index (χ2n) is 23.9. The van der Waals surface area contributed by atoms with E-state index in [2.05, 4.69) is 31.9 Å². The lowest BCUT2D eigenvalue weighted by Gasteiger charge is -2.21. The van der Waals surface area contributed by atoms with Crippen molar-refractivity contribution in [2.45, 2.75) is 115 Å². The van der Waals surface area contributed by atoms with E-state index in [1.54, 1.807) is 24.3 Å². The number of unbranched alkanes of at least 4 members (excludes halogenated alkanes) is 3. The smallest absolute Gasteiger partial charge is 0.407 e. The summed E-state index contributed by atoms with van der Waals surface area (Å²) in [6.45, 7) is 0.771. The third kappa shape index (κ3) is 25.2. The third-order valence-corrected chi connectivity index (χ3v) is 16.4. The van der Waals surface area contributed by atoms with E-state index in [1.807, 2.05) is 91.0 Å². The number of hydrogen-bond donors (Lipinski definition) is 8. The van der Waals surface area contributed by atoms with Crippen molar-refractivity contribution in [3.63, 3.8) is 0 Å². The summed E-state index contributed by atoms with van der Waals surface area (Å²) in [7, 11) is 5.49. The van der Waals surface area contributed by atoms with Crippen molar-refractivity contribution in [2.75, 3.05) is 53.8 Å². The lowest BCUT2D eigenvalue weighted by molar-refractivity contribution is -0.121. The van der Waals surface area contributed by atoms with Gasteiger partial charge in [0.1, 0.15) is 42.8 Å². The number of nitrogen functional groups attached to an aromatic ring is 1. The summed E-state index contributed by atoms with van der Waals surface area (Å²) in [5.74, 6) is -3.51. The topological polar surface area (TPSA) is 360 Å². The molecule has 0 spiro atoms. The van der Waals surface area contributed by atoms with Gasteiger partial charge in [-0.25, -0.2) is 14.4 Å². The Hall–Kier alpha value is -11.8. The third-order valence-electron chi connectivity index (χ3n) is 16.4. The first-order chi connectivity index (χ1) is 49.3. The van der Waals surface area contributed by atoms with Crippen LogP contribution in [0.4, 0.5) is 20.1 Å². The summed E-state index contributed by atoms with van der Waals surface area (Å²) in [5.41, 5.74) is 15.6. The number of anilines is 1. The van der Waals surface area contributed by atoms with Crippen molar-refractivity contribution in [1.82, 2.24) is 31.9 Å². The highest BCUT2D eigenvalue weighted by atomic mass is 16.6. The van der Waals surface area contributed by atoms with Gasteiger partial charge in [0, 0.05) is 44.6 Å². The summed E-state index contributed by atoms with van der Waals surface area (Å²) in [5, 5.41) is 16.7. The van der Waals surface area contributed by atoms with Crippen LogP contribution in [0.25, 0.3) is 0 Å². The Morgan fingerprint density at radius 2 is 0.627 bits per heavy atom. The number of amides is 7. The first-order valence-electron chi connectivity index (χ1n) is 33.4. The first-order valence-corrected chi connectivity index (χ1v) is 33.4. The molecular formula is C77H88N8O17. The SMILES string of the molecule is COc1ccc(CC(=O)[C@H](CCCCNC(=O)OCc2ccccc2)NC(=O)c2cc(CC(=O)[C@H](CCCCNC(=O)OCc3ccccc3)NC(=O)c3cc(CC(=O)[C@H](CCCCNC(=O)OCc4ccccc4)NC(=O)c4cc(N)ccc4OC)ccc3OC)ccc2OC)cc1C(N)=O. The maximum absolute atomic E-state index is 14.8. The van der Waals surface area contributed by atoms with Crippen LogP contribution in [-0.4, -0.2) is 125 Å². The molecule has 7 rings (SSSR count). The van der Waals surface area contributed by atoms with Gasteiger partial charge in [-0.05, 0) is 146 Å². The summed E-state index contributed by atoms with van der Waals surface area (Å²) in [6.07, 6.45) is -0.162. The molecule has 7 aromatic carbocycles. The Bertz CT molecular complexity index is 3990. The second-order valence-corrected chi connectivity index (χ2v) is 23.9. The molecular weight excluding hydrogens is 1310 g/mol. The molecule has 0 aliphatic carbocycles. The number of primary amides is 1. The molecule has 7 aromatic rings. The van der Waals surface area contributed by atoms with Crippen LogP contribution in [0.2, 0.25) is 0 Å². The van der Waals surface area contributed by atoms with E-state index in [1.165, 1.54) is 77.0 Å². The molecule has 25 nitrogen and oxygen atoms in total. The van der Waals surface area contributed by atoms with E-state index in [0.717, 1.165) is 16.7 Å². The molecule has 0 bridgehead atoms. The predicted octanol–water partition coefficient (Wildman–Crippen LogP) is 9.42. The highest BCUT2D eigenvalue weighted by Gasteiger charge is 2.29. The van der Waals surface area contributed by atoms with Gasteiger partial charge < -0.3 is 76.5 Å². The van der Waals surface area contributed by atoms with Crippen molar-refractivity contribution in [3.8, 4) is 23.0 Å². The number of carbonyl (C=O) groups excluding carboxylic acids is 10. The van der Waals surface area contributed by atoms with Gasteiger partial charge in [0.15, 0.2) is 17.3 Å². The number of nitrogens with one attached hydrogen (secondary N) is 6. The summed E-state index contributed by atoms with van der Waals surface area (Å²) in [6, 6.07) is 42.4. The fraction of sp³-hybridized carbons (Fsp3) is 0.325. The highest BCUT2D eigenvalue weighted by Crippen LogP contribution is 2.27. The molecule has 0 radical (unpaired) electrons. The van der Waals surface area contributed by atoms with E-state index in [9.17, 15) is 47.9 Å². The number of alkyl carbamates (subject to hydrolysis) is 3. The van der Waals surface area contributed by atoms with Gasteiger partial charge in [-0.2, -0.15) is 0 Å². The normalized spacial score (nSPS) is 11.6. The van der Waals surface area contributed by atoms with Gasteiger partial charge in [-0.1, -0.05) is 109 Å². The summed E-state index contributed by atoms with van der Waals surface area (Å²) >= 11 is 0. The molecule has 0 unspecified atom stereocenters. The molecule has 0 aliphatic heterocycles.